The van der Waals surface area contributed by atoms with Crippen LogP contribution in [-0.2, 0) is 11.2 Å². The molecule has 1 amide bonds. The highest BCUT2D eigenvalue weighted by molar-refractivity contribution is 5.79. The largest absolute Gasteiger partial charge is 0.342 e. The van der Waals surface area contributed by atoms with Crippen LogP contribution in [0.4, 0.5) is 5.69 Å². The molecule has 16 heavy (non-hydrogen) atoms. The molecule has 1 fully saturated rings. The third-order valence-electron chi connectivity index (χ3n) is 2.69. The fraction of sp³-hybridized carbons (Fsp3) is 0.364. The Balaban J connectivity index is 2.05. The highest BCUT2D eigenvalue weighted by Crippen LogP contribution is 2.15. The number of non-ortho nitro benzene ring substituents is 1. The summed E-state index contributed by atoms with van der Waals surface area (Å²) in [6.45, 7) is 1.63. The van der Waals surface area contributed by atoms with E-state index in [4.69, 9.17) is 0 Å². The van der Waals surface area contributed by atoms with Gasteiger partial charge in [-0.15, -0.1) is 0 Å². The fourth-order valence-electron chi connectivity index (χ4n) is 1.63. The van der Waals surface area contributed by atoms with Gasteiger partial charge in [-0.1, -0.05) is 12.1 Å². The van der Waals surface area contributed by atoms with Crippen molar-refractivity contribution in [1.29, 1.82) is 0 Å². The summed E-state index contributed by atoms with van der Waals surface area (Å²) >= 11 is 0. The van der Waals surface area contributed by atoms with Crippen molar-refractivity contribution < 1.29 is 9.72 Å². The van der Waals surface area contributed by atoms with Gasteiger partial charge in [0.15, 0.2) is 0 Å². The van der Waals surface area contributed by atoms with Crippen LogP contribution < -0.4 is 0 Å². The van der Waals surface area contributed by atoms with Crippen molar-refractivity contribution in [2.45, 2.75) is 12.8 Å². The van der Waals surface area contributed by atoms with E-state index < -0.39 is 4.92 Å². The third-order valence-corrected chi connectivity index (χ3v) is 2.69. The first-order valence-electron chi connectivity index (χ1n) is 5.18. The molecule has 0 aromatic heterocycles. The summed E-state index contributed by atoms with van der Waals surface area (Å²) < 4.78 is 0. The Bertz CT molecular complexity index is 427. The van der Waals surface area contributed by atoms with Gasteiger partial charge in [0.1, 0.15) is 0 Å². The van der Waals surface area contributed by atoms with Crippen LogP contribution >= 0.6 is 0 Å². The number of nitrogens with zero attached hydrogens (tertiary/aromatic N) is 2. The van der Waals surface area contributed by atoms with Gasteiger partial charge in [-0.3, -0.25) is 14.9 Å². The molecular weight excluding hydrogens is 208 g/mol. The Morgan fingerprint density at radius 2 is 2.19 bits per heavy atom. The predicted molar refractivity (Wildman–Crippen MR) is 58.0 cm³/mol. The van der Waals surface area contributed by atoms with Crippen molar-refractivity contribution in [2.75, 3.05) is 13.1 Å². The molecule has 5 heteroatoms. The second-order valence-corrected chi connectivity index (χ2v) is 3.84. The van der Waals surface area contributed by atoms with Crippen molar-refractivity contribution in [3.8, 4) is 0 Å². The number of rotatable bonds is 3. The third kappa shape index (κ3) is 2.18. The van der Waals surface area contributed by atoms with Crippen LogP contribution in [0, 0.1) is 10.1 Å². The number of hydrogen-bond donors (Lipinski definition) is 0. The number of amides is 1. The Morgan fingerprint density at radius 1 is 1.44 bits per heavy atom. The summed E-state index contributed by atoms with van der Waals surface area (Å²) in [7, 11) is 0. The van der Waals surface area contributed by atoms with Crippen LogP contribution in [-0.4, -0.2) is 28.8 Å². The average Bonchev–Trinajstić information content (AvgIpc) is 2.15. The Hall–Kier alpha value is -1.91. The Kier molecular flexibility index (Phi) is 2.85. The van der Waals surface area contributed by atoms with E-state index in [1.165, 1.54) is 12.1 Å². The number of likely N-dealkylation sites (tertiary alicyclic amines) is 1. The van der Waals surface area contributed by atoms with E-state index in [2.05, 4.69) is 0 Å². The lowest BCUT2D eigenvalue weighted by Crippen LogP contribution is -2.42. The molecule has 1 aliphatic heterocycles. The number of nitro benzene ring substituents is 1. The first-order valence-corrected chi connectivity index (χ1v) is 5.18. The molecule has 0 radical (unpaired) electrons. The molecule has 0 saturated carbocycles. The van der Waals surface area contributed by atoms with Crippen LogP contribution in [0.2, 0.25) is 0 Å². The number of hydrogen-bond acceptors (Lipinski definition) is 3. The molecule has 0 N–H and O–H groups in total. The predicted octanol–water partition coefficient (Wildman–Crippen LogP) is 1.37. The molecule has 1 aromatic carbocycles. The molecule has 2 rings (SSSR count). The molecule has 1 aliphatic rings. The molecule has 0 unspecified atom stereocenters. The molecule has 5 nitrogen and oxygen atoms in total. The second-order valence-electron chi connectivity index (χ2n) is 3.84. The highest BCUT2D eigenvalue weighted by atomic mass is 16.6. The normalized spacial score (nSPS) is 14.4. The number of benzene rings is 1. The maximum Gasteiger partial charge on any atom is 0.269 e. The zero-order chi connectivity index (χ0) is 11.5. The van der Waals surface area contributed by atoms with Crippen LogP contribution in [0.15, 0.2) is 24.3 Å². The first-order chi connectivity index (χ1) is 7.66. The molecule has 1 aromatic rings. The van der Waals surface area contributed by atoms with Crippen LogP contribution in [0.3, 0.4) is 0 Å². The van der Waals surface area contributed by atoms with Crippen LogP contribution in [0.1, 0.15) is 12.0 Å². The molecule has 0 spiro atoms. The zero-order valence-corrected chi connectivity index (χ0v) is 8.76. The van der Waals surface area contributed by atoms with Crippen molar-refractivity contribution in [3.63, 3.8) is 0 Å². The van der Waals surface area contributed by atoms with E-state index in [0.717, 1.165) is 19.5 Å². The fourth-order valence-corrected chi connectivity index (χ4v) is 1.63. The lowest BCUT2D eigenvalue weighted by atomic mass is 10.1. The lowest BCUT2D eigenvalue weighted by molar-refractivity contribution is -0.384. The Morgan fingerprint density at radius 3 is 2.75 bits per heavy atom. The quantitative estimate of drug-likeness (QED) is 0.570. The molecule has 0 aliphatic carbocycles. The molecule has 0 atom stereocenters. The van der Waals surface area contributed by atoms with Gasteiger partial charge in [0.2, 0.25) is 5.91 Å². The van der Waals surface area contributed by atoms with Gasteiger partial charge >= 0.3 is 0 Å². The minimum Gasteiger partial charge on any atom is -0.342 e. The minimum atomic E-state index is -0.447. The lowest BCUT2D eigenvalue weighted by Gasteiger charge is -2.30. The van der Waals surface area contributed by atoms with Gasteiger partial charge < -0.3 is 4.90 Å². The van der Waals surface area contributed by atoms with Gasteiger partial charge in [0.25, 0.3) is 5.69 Å². The van der Waals surface area contributed by atoms with Gasteiger partial charge in [-0.05, 0) is 12.0 Å². The maximum absolute atomic E-state index is 11.6. The van der Waals surface area contributed by atoms with Crippen molar-refractivity contribution in [1.82, 2.24) is 4.90 Å². The van der Waals surface area contributed by atoms with E-state index in [1.807, 2.05) is 0 Å². The minimum absolute atomic E-state index is 0.0360. The van der Waals surface area contributed by atoms with Crippen molar-refractivity contribution in [3.05, 3.63) is 39.9 Å². The number of nitro groups is 1. The zero-order valence-electron chi connectivity index (χ0n) is 8.76. The topological polar surface area (TPSA) is 63.4 Å². The monoisotopic (exact) mass is 220 g/mol. The molecule has 84 valence electrons. The SMILES string of the molecule is O=C(Cc1cccc([N+](=O)[O-])c1)N1CCC1. The number of carbonyl (C=O) groups is 1. The van der Waals surface area contributed by atoms with Crippen LogP contribution in [0.25, 0.3) is 0 Å². The van der Waals surface area contributed by atoms with Crippen molar-refractivity contribution in [2.24, 2.45) is 0 Å². The van der Waals surface area contributed by atoms with Gasteiger partial charge in [0.05, 0.1) is 11.3 Å². The molecule has 0 bridgehead atoms. The highest BCUT2D eigenvalue weighted by Gasteiger charge is 2.20. The molecule has 1 heterocycles. The summed E-state index contributed by atoms with van der Waals surface area (Å²) in [6.07, 6.45) is 1.31. The molecular formula is C11H12N2O3. The summed E-state index contributed by atoms with van der Waals surface area (Å²) in [5, 5.41) is 10.6. The Labute approximate surface area is 92.8 Å². The first kappa shape index (κ1) is 10.6. The van der Waals surface area contributed by atoms with E-state index in [1.54, 1.807) is 17.0 Å². The smallest absolute Gasteiger partial charge is 0.269 e. The summed E-state index contributed by atoms with van der Waals surface area (Å²) in [6, 6.07) is 6.23. The van der Waals surface area contributed by atoms with Gasteiger partial charge in [0, 0.05) is 25.2 Å². The second kappa shape index (κ2) is 4.30. The summed E-state index contributed by atoms with van der Waals surface area (Å²) in [5.74, 6) is 0.0479. The maximum atomic E-state index is 11.6. The van der Waals surface area contributed by atoms with Crippen molar-refractivity contribution >= 4 is 11.6 Å². The summed E-state index contributed by atoms with van der Waals surface area (Å²) in [5.41, 5.74) is 0.736. The van der Waals surface area contributed by atoms with Gasteiger partial charge in [-0.2, -0.15) is 0 Å². The number of carbonyl (C=O) groups excluding carboxylic acids is 1. The van der Waals surface area contributed by atoms with E-state index in [0.29, 0.717) is 5.56 Å². The molecule has 1 saturated heterocycles. The van der Waals surface area contributed by atoms with E-state index in [-0.39, 0.29) is 18.0 Å². The standard InChI is InChI=1S/C11H12N2O3/c14-11(12-5-2-6-12)8-9-3-1-4-10(7-9)13(15)16/h1,3-4,7H,2,5-6,8H2. The van der Waals surface area contributed by atoms with E-state index in [9.17, 15) is 14.9 Å². The van der Waals surface area contributed by atoms with Crippen LogP contribution in [0.5, 0.6) is 0 Å². The average molecular weight is 220 g/mol. The summed E-state index contributed by atoms with van der Waals surface area (Å²) in [4.78, 5) is 23.5. The van der Waals surface area contributed by atoms with E-state index >= 15 is 0 Å². The van der Waals surface area contributed by atoms with Gasteiger partial charge in [-0.25, -0.2) is 0 Å².